The maximum atomic E-state index is 14.5. The molecule has 12 N–H and O–H groups in total. The number of benzene rings is 2. The quantitative estimate of drug-likeness (QED) is 0.0446. The molecule has 0 saturated heterocycles. The van der Waals surface area contributed by atoms with Gasteiger partial charge in [-0.15, -0.1) is 0 Å². The molecule has 0 aliphatic carbocycles. The van der Waals surface area contributed by atoms with Crippen LogP contribution in [0.15, 0.2) is 96.5 Å². The number of anilines is 1. The molecule has 0 saturated carbocycles. The zero-order chi connectivity index (χ0) is 39.2. The lowest BCUT2D eigenvalue weighted by molar-refractivity contribution is -0.106. The lowest BCUT2D eigenvalue weighted by Crippen LogP contribution is -2.25. The predicted molar refractivity (Wildman–Crippen MR) is 194 cm³/mol. The van der Waals surface area contributed by atoms with Crippen LogP contribution in [0, 0.1) is 17.0 Å². The second-order valence-corrected chi connectivity index (χ2v) is 9.86. The number of aliphatic hydroxyl groups is 1. The van der Waals surface area contributed by atoms with E-state index in [4.69, 9.17) is 31.5 Å². The third-order valence-corrected chi connectivity index (χ3v) is 6.45. The van der Waals surface area contributed by atoms with Crippen LogP contribution in [0.1, 0.15) is 31.8 Å². The zero-order valence-electron chi connectivity index (χ0n) is 28.3. The topological polar surface area (TPSA) is 266 Å². The highest BCUT2D eigenvalue weighted by atomic mass is 19.1. The van der Waals surface area contributed by atoms with Crippen molar-refractivity contribution < 1.29 is 43.2 Å². The molecule has 0 radical (unpaired) electrons. The number of rotatable bonds is 14. The maximum absolute atomic E-state index is 14.5. The number of amidine groups is 1. The number of aromatic carboxylic acids is 2. The first kappa shape index (κ1) is 42.9. The van der Waals surface area contributed by atoms with Crippen LogP contribution in [0.2, 0.25) is 0 Å². The van der Waals surface area contributed by atoms with Crippen molar-refractivity contribution in [1.29, 1.82) is 5.41 Å². The molecule has 0 atom stereocenters. The highest BCUT2D eigenvalue weighted by Gasteiger charge is 2.17. The first-order valence-electron chi connectivity index (χ1n) is 14.9. The summed E-state index contributed by atoms with van der Waals surface area (Å²) >= 11 is 0. The molecule has 0 spiro atoms. The van der Waals surface area contributed by atoms with E-state index < -0.39 is 23.6 Å². The third kappa shape index (κ3) is 13.8. The second kappa shape index (κ2) is 22.5. The first-order valence-corrected chi connectivity index (χ1v) is 14.9. The van der Waals surface area contributed by atoms with Crippen molar-refractivity contribution in [2.75, 3.05) is 32.7 Å². The summed E-state index contributed by atoms with van der Waals surface area (Å²) in [5.41, 5.74) is 15.5. The third-order valence-electron chi connectivity index (χ3n) is 6.45. The Kier molecular flexibility index (Phi) is 18.6. The summed E-state index contributed by atoms with van der Waals surface area (Å²) in [5, 5.41) is 40.3. The van der Waals surface area contributed by atoms with Gasteiger partial charge in [0.25, 0.3) is 0 Å². The Morgan fingerprint density at radius 3 is 2.37 bits per heavy atom. The highest BCUT2D eigenvalue weighted by Crippen LogP contribution is 2.25. The summed E-state index contributed by atoms with van der Waals surface area (Å²) in [6, 6.07) is 4.25. The largest absolute Gasteiger partial charge is 0.513 e. The van der Waals surface area contributed by atoms with Gasteiger partial charge in [-0.25, -0.2) is 18.4 Å². The van der Waals surface area contributed by atoms with E-state index in [2.05, 4.69) is 27.9 Å². The molecule has 1 aliphatic rings. The molecule has 0 unspecified atom stereocenters. The van der Waals surface area contributed by atoms with Crippen LogP contribution in [-0.2, 0) is 11.2 Å². The monoisotopic (exact) mass is 725 g/mol. The molecule has 2 aromatic carbocycles. The van der Waals surface area contributed by atoms with Crippen LogP contribution < -0.4 is 32.6 Å². The number of nitrogens with two attached hydrogens (primary N) is 3. The lowest BCUT2D eigenvalue weighted by Gasteiger charge is -2.13. The van der Waals surface area contributed by atoms with Crippen molar-refractivity contribution in [3.63, 3.8) is 0 Å². The molecule has 278 valence electrons. The first-order chi connectivity index (χ1) is 24.8. The molecular weight excluding hydrogens is 684 g/mol. The number of halogens is 2. The van der Waals surface area contributed by atoms with Crippen LogP contribution in [0.5, 0.6) is 5.75 Å². The van der Waals surface area contributed by atoms with Crippen molar-refractivity contribution in [2.24, 2.45) is 22.2 Å². The Morgan fingerprint density at radius 1 is 1.15 bits per heavy atom. The highest BCUT2D eigenvalue weighted by molar-refractivity contribution is 5.94. The van der Waals surface area contributed by atoms with Gasteiger partial charge in [-0.05, 0) is 53.6 Å². The minimum Gasteiger partial charge on any atom is -0.513 e. The Labute approximate surface area is 298 Å². The van der Waals surface area contributed by atoms with Gasteiger partial charge in [0.05, 0.1) is 42.1 Å². The van der Waals surface area contributed by atoms with Gasteiger partial charge in [-0.3, -0.25) is 20.1 Å². The molecule has 0 aromatic heterocycles. The maximum Gasteiger partial charge on any atom is 0.337 e. The minimum absolute atomic E-state index is 0.0585. The zero-order valence-corrected chi connectivity index (χ0v) is 28.3. The molecule has 2 aromatic rings. The van der Waals surface area contributed by atoms with Crippen molar-refractivity contribution in [2.45, 2.75) is 6.42 Å². The summed E-state index contributed by atoms with van der Waals surface area (Å²) in [7, 11) is 3.02. The SMILES string of the molecule is C=CN(C=NC)/C(N)=C/C=C/c1cc(OCCc2cc(C(=O)O)c(NC)cc2F)c(F)cc1C(=O)O.N=C(/C=C\C(N)=C/O)N1C=CNC1.NC=O. The Balaban J connectivity index is 0.000000699. The summed E-state index contributed by atoms with van der Waals surface area (Å²) in [5.74, 6) is -3.86. The number of allylic oxidation sites excluding steroid dienone is 3. The standard InChI is InChI=1S/C25H26F2N4O5.C8H12N4O.CH3NO/c1-4-31(14-29-2)23(28)7-5-6-15-11-22(20(27)12-17(15)24(32)33)36-9-8-16-10-18(25(34)35)21(30-3)13-19(16)26;9-7(5-13)1-2-8(10)12-4-3-11-6-12;2-1-3/h4-7,10-14,30H,1,8-9,28H2,2-3H3,(H,32,33)(H,34,35);1-5,10-11,13H,6,9H2;1H,(H2,2,3)/b6-5+,23-7+,29-14?;2-1-,7-5+,10-8?;. The summed E-state index contributed by atoms with van der Waals surface area (Å²) in [4.78, 5) is 38.5. The number of nitrogens with one attached hydrogen (secondary N) is 3. The molecular formula is C34H41F2N9O7. The van der Waals surface area contributed by atoms with E-state index in [0.29, 0.717) is 12.5 Å². The van der Waals surface area contributed by atoms with E-state index in [9.17, 15) is 28.6 Å². The van der Waals surface area contributed by atoms with Gasteiger partial charge in [0, 0.05) is 39.1 Å². The van der Waals surface area contributed by atoms with Crippen molar-refractivity contribution in [3.05, 3.63) is 125 Å². The number of hydrogen-bond donors (Lipinski definition) is 9. The lowest BCUT2D eigenvalue weighted by atomic mass is 10.0. The number of amides is 1. The van der Waals surface area contributed by atoms with Crippen molar-refractivity contribution in [1.82, 2.24) is 15.1 Å². The average Bonchev–Trinajstić information content (AvgIpc) is 3.66. The fourth-order valence-electron chi connectivity index (χ4n) is 3.97. The number of primary amides is 1. The summed E-state index contributed by atoms with van der Waals surface area (Å²) < 4.78 is 34.3. The summed E-state index contributed by atoms with van der Waals surface area (Å²) in [6.07, 6.45) is 14.7. The number of aliphatic imine (C=N–C) groups is 1. The van der Waals surface area contributed by atoms with Crippen LogP contribution in [-0.4, -0.2) is 83.0 Å². The van der Waals surface area contributed by atoms with Crippen LogP contribution >= 0.6 is 0 Å². The minimum atomic E-state index is -1.35. The van der Waals surface area contributed by atoms with Crippen LogP contribution in [0.25, 0.3) is 6.08 Å². The number of aliphatic hydroxyl groups excluding tert-OH is 1. The summed E-state index contributed by atoms with van der Waals surface area (Å²) in [6.45, 7) is 4.00. The van der Waals surface area contributed by atoms with Crippen molar-refractivity contribution >= 4 is 42.3 Å². The van der Waals surface area contributed by atoms with Gasteiger partial charge >= 0.3 is 11.9 Å². The van der Waals surface area contributed by atoms with E-state index >= 15 is 0 Å². The molecule has 1 heterocycles. The molecule has 0 fully saturated rings. The molecule has 1 amide bonds. The Morgan fingerprint density at radius 2 is 1.83 bits per heavy atom. The van der Waals surface area contributed by atoms with E-state index in [1.807, 2.05) is 0 Å². The fourth-order valence-corrected chi connectivity index (χ4v) is 3.97. The smallest absolute Gasteiger partial charge is 0.337 e. The van der Waals surface area contributed by atoms with Gasteiger partial charge in [0.2, 0.25) is 6.41 Å². The molecule has 52 heavy (non-hydrogen) atoms. The van der Waals surface area contributed by atoms with Gasteiger partial charge in [0.1, 0.15) is 23.7 Å². The van der Waals surface area contributed by atoms with Gasteiger partial charge < -0.3 is 52.8 Å². The average molecular weight is 726 g/mol. The van der Waals surface area contributed by atoms with Crippen LogP contribution in [0.3, 0.4) is 0 Å². The normalized spacial score (nSPS) is 12.4. The number of carbonyl (C=O) groups excluding carboxylic acids is 1. The van der Waals surface area contributed by atoms with E-state index in [0.717, 1.165) is 18.4 Å². The molecule has 18 heteroatoms. The van der Waals surface area contributed by atoms with Gasteiger partial charge in [-0.1, -0.05) is 18.7 Å². The Hall–Kier alpha value is -7.11. The van der Waals surface area contributed by atoms with Crippen LogP contribution in [0.4, 0.5) is 14.5 Å². The van der Waals surface area contributed by atoms with E-state index in [-0.39, 0.29) is 64.6 Å². The number of ether oxygens (including phenoxy) is 1. The number of carboxylic acids is 2. The Bertz CT molecular complexity index is 1770. The van der Waals surface area contributed by atoms with E-state index in [1.165, 1.54) is 67.0 Å². The number of carbonyl (C=O) groups is 3. The second-order valence-electron chi connectivity index (χ2n) is 9.86. The number of hydrogen-bond acceptors (Lipinski definition) is 11. The molecule has 1 aliphatic heterocycles. The molecule has 0 bridgehead atoms. The van der Waals surface area contributed by atoms with Gasteiger partial charge in [0.15, 0.2) is 11.6 Å². The number of carboxylic acid groups (broad SMARTS) is 2. The fraction of sp³-hybridized carbons (Fsp3) is 0.147. The predicted octanol–water partition coefficient (Wildman–Crippen LogP) is 3.25. The van der Waals surface area contributed by atoms with Crippen molar-refractivity contribution in [3.8, 4) is 5.75 Å². The van der Waals surface area contributed by atoms with E-state index in [1.54, 1.807) is 24.3 Å². The molecule has 3 rings (SSSR count). The molecule has 16 nitrogen and oxygen atoms in total. The number of nitrogens with zero attached hydrogens (tertiary/aromatic N) is 3. The van der Waals surface area contributed by atoms with Gasteiger partial charge in [-0.2, -0.15) is 0 Å².